The molecular formula is C30H31N3O4S. The number of para-hydroxylation sites is 1. The molecule has 2 heterocycles. The van der Waals surface area contributed by atoms with Crippen LogP contribution >= 0.6 is 11.3 Å². The fourth-order valence-corrected chi connectivity index (χ4v) is 5.55. The van der Waals surface area contributed by atoms with Gasteiger partial charge < -0.3 is 15.0 Å². The zero-order valence-electron chi connectivity index (χ0n) is 22.5. The van der Waals surface area contributed by atoms with Crippen molar-refractivity contribution in [2.75, 3.05) is 25.5 Å². The number of rotatable bonds is 7. The van der Waals surface area contributed by atoms with E-state index in [1.54, 1.807) is 17.9 Å². The number of hydrogen-bond donors (Lipinski definition) is 1. The zero-order chi connectivity index (χ0) is 27.6. The van der Waals surface area contributed by atoms with Crippen molar-refractivity contribution >= 4 is 45.0 Å². The third kappa shape index (κ3) is 5.04. The van der Waals surface area contributed by atoms with Gasteiger partial charge in [-0.05, 0) is 69.5 Å². The highest BCUT2D eigenvalue weighted by atomic mass is 32.1. The lowest BCUT2D eigenvalue weighted by Crippen LogP contribution is -2.30. The van der Waals surface area contributed by atoms with Crippen molar-refractivity contribution in [2.24, 2.45) is 0 Å². The summed E-state index contributed by atoms with van der Waals surface area (Å²) in [6, 6.07) is 15.3. The molecule has 1 N–H and O–H groups in total. The minimum absolute atomic E-state index is 0.186. The summed E-state index contributed by atoms with van der Waals surface area (Å²) in [5, 5.41) is 3.87. The minimum Gasteiger partial charge on any atom is -0.465 e. The van der Waals surface area contributed by atoms with Crippen molar-refractivity contribution < 1.29 is 19.1 Å². The van der Waals surface area contributed by atoms with Crippen LogP contribution in [-0.4, -0.2) is 47.9 Å². The molecule has 0 aliphatic rings. The minimum atomic E-state index is -0.608. The first-order valence-electron chi connectivity index (χ1n) is 12.5. The van der Waals surface area contributed by atoms with E-state index in [-0.39, 0.29) is 16.5 Å². The fourth-order valence-electron chi connectivity index (χ4n) is 4.39. The van der Waals surface area contributed by atoms with Gasteiger partial charge in [0, 0.05) is 24.0 Å². The molecule has 8 heteroatoms. The van der Waals surface area contributed by atoms with E-state index in [9.17, 15) is 14.4 Å². The lowest BCUT2D eigenvalue weighted by Gasteiger charge is -2.17. The number of aryl methyl sites for hydroxylation is 2. The molecule has 2 aromatic carbocycles. The largest absolute Gasteiger partial charge is 0.465 e. The van der Waals surface area contributed by atoms with Crippen LogP contribution in [0, 0.1) is 20.8 Å². The van der Waals surface area contributed by atoms with Gasteiger partial charge in [0.25, 0.3) is 11.8 Å². The molecule has 38 heavy (non-hydrogen) atoms. The molecule has 7 nitrogen and oxygen atoms in total. The quantitative estimate of drug-likeness (QED) is 0.280. The van der Waals surface area contributed by atoms with E-state index in [1.807, 2.05) is 64.1 Å². The number of thiophene rings is 1. The van der Waals surface area contributed by atoms with Gasteiger partial charge in [-0.1, -0.05) is 30.3 Å². The van der Waals surface area contributed by atoms with Crippen molar-refractivity contribution in [3.8, 4) is 11.3 Å². The van der Waals surface area contributed by atoms with E-state index < -0.39 is 11.9 Å². The molecular weight excluding hydrogens is 498 g/mol. The second-order valence-electron chi connectivity index (χ2n) is 9.05. The third-order valence-corrected chi connectivity index (χ3v) is 7.97. The highest BCUT2D eigenvalue weighted by molar-refractivity contribution is 7.18. The average Bonchev–Trinajstić information content (AvgIpc) is 3.24. The summed E-state index contributed by atoms with van der Waals surface area (Å²) >= 11 is 1.09. The average molecular weight is 530 g/mol. The fraction of sp³-hybridized carbons (Fsp3) is 0.267. The molecule has 0 atom stereocenters. The van der Waals surface area contributed by atoms with E-state index in [1.165, 1.54) is 12.7 Å². The van der Waals surface area contributed by atoms with Gasteiger partial charge in [-0.25, -0.2) is 9.78 Å². The normalized spacial score (nSPS) is 10.9. The van der Waals surface area contributed by atoms with Crippen molar-refractivity contribution in [2.45, 2.75) is 34.6 Å². The van der Waals surface area contributed by atoms with E-state index in [0.717, 1.165) is 22.5 Å². The predicted octanol–water partition coefficient (Wildman–Crippen LogP) is 6.41. The van der Waals surface area contributed by atoms with Gasteiger partial charge in [0.2, 0.25) is 0 Å². The number of methoxy groups -OCH3 is 1. The smallest absolute Gasteiger partial charge is 0.341 e. The summed E-state index contributed by atoms with van der Waals surface area (Å²) < 4.78 is 5.00. The number of carbonyl (C=O) groups is 3. The molecule has 4 aromatic rings. The lowest BCUT2D eigenvalue weighted by atomic mass is 10.0. The van der Waals surface area contributed by atoms with Crippen LogP contribution in [0.5, 0.6) is 0 Å². The third-order valence-electron chi connectivity index (χ3n) is 6.77. The van der Waals surface area contributed by atoms with E-state index in [0.29, 0.717) is 45.7 Å². The van der Waals surface area contributed by atoms with E-state index >= 15 is 0 Å². The molecule has 4 rings (SSSR count). The molecule has 0 spiro atoms. The Morgan fingerprint density at radius 2 is 1.68 bits per heavy atom. The topological polar surface area (TPSA) is 88.6 Å². The Morgan fingerprint density at radius 1 is 0.974 bits per heavy atom. The molecule has 0 saturated carbocycles. The maximum Gasteiger partial charge on any atom is 0.341 e. The van der Waals surface area contributed by atoms with Crippen molar-refractivity contribution in [3.63, 3.8) is 0 Å². The second kappa shape index (κ2) is 11.1. The lowest BCUT2D eigenvalue weighted by molar-refractivity contribution is 0.0601. The van der Waals surface area contributed by atoms with Gasteiger partial charge in [0.05, 0.1) is 34.3 Å². The van der Waals surface area contributed by atoms with Gasteiger partial charge in [-0.2, -0.15) is 0 Å². The number of esters is 1. The van der Waals surface area contributed by atoms with E-state index in [2.05, 4.69) is 11.4 Å². The number of carbonyl (C=O) groups excluding carboxylic acids is 3. The monoisotopic (exact) mass is 529 g/mol. The summed E-state index contributed by atoms with van der Waals surface area (Å²) in [6.45, 7) is 10.7. The van der Waals surface area contributed by atoms with Gasteiger partial charge >= 0.3 is 5.97 Å². The number of nitrogens with zero attached hydrogens (tertiary/aromatic N) is 2. The Hall–Kier alpha value is -4.04. The summed E-state index contributed by atoms with van der Waals surface area (Å²) in [5.74, 6) is -1.19. The first kappa shape index (κ1) is 27.0. The van der Waals surface area contributed by atoms with E-state index in [4.69, 9.17) is 9.72 Å². The molecule has 0 radical (unpaired) electrons. The van der Waals surface area contributed by atoms with Crippen LogP contribution < -0.4 is 5.32 Å². The second-order valence-corrected chi connectivity index (χ2v) is 10.1. The molecule has 0 aliphatic heterocycles. The number of pyridine rings is 1. The Balaban J connectivity index is 1.81. The van der Waals surface area contributed by atoms with Crippen LogP contribution in [0.25, 0.3) is 22.2 Å². The summed E-state index contributed by atoms with van der Waals surface area (Å²) in [4.78, 5) is 46.5. The summed E-state index contributed by atoms with van der Waals surface area (Å²) in [5.41, 5.74) is 5.66. The Bertz CT molecular complexity index is 1550. The highest BCUT2D eigenvalue weighted by Crippen LogP contribution is 2.35. The number of hydrogen-bond acceptors (Lipinski definition) is 6. The van der Waals surface area contributed by atoms with Crippen LogP contribution in [0.3, 0.4) is 0 Å². The number of aromatic nitrogens is 1. The highest BCUT2D eigenvalue weighted by Gasteiger charge is 2.28. The first-order valence-corrected chi connectivity index (χ1v) is 13.3. The molecule has 2 aromatic heterocycles. The molecule has 0 fully saturated rings. The maximum atomic E-state index is 13.8. The standard InChI is InChI=1S/C30H31N3O4S/c1-7-33(8-2)29(35)26-19(5)25(30(36)37-6)28(38-26)32-27(34)22-16-24(20-14-13-17(3)18(4)15-20)31-23-12-10-9-11-21(22)23/h9-16H,7-8H2,1-6H3,(H,32,34). The van der Waals surface area contributed by atoms with Crippen LogP contribution in [0.1, 0.15) is 60.9 Å². The number of benzene rings is 2. The number of nitrogens with one attached hydrogen (secondary N) is 1. The van der Waals surface area contributed by atoms with Gasteiger partial charge in [0.15, 0.2) is 0 Å². The molecule has 0 aliphatic carbocycles. The number of amides is 2. The van der Waals surface area contributed by atoms with Gasteiger partial charge in [-0.15, -0.1) is 11.3 Å². The molecule has 2 amide bonds. The summed E-state index contributed by atoms with van der Waals surface area (Å²) in [6.07, 6.45) is 0. The predicted molar refractivity (Wildman–Crippen MR) is 152 cm³/mol. The number of fused-ring (bicyclic) bond motifs is 1. The number of ether oxygens (including phenoxy) is 1. The van der Waals surface area contributed by atoms with Crippen LogP contribution in [0.4, 0.5) is 5.00 Å². The van der Waals surface area contributed by atoms with Gasteiger partial charge in [-0.3, -0.25) is 9.59 Å². The van der Waals surface area contributed by atoms with Crippen molar-refractivity contribution in [3.05, 3.63) is 81.2 Å². The van der Waals surface area contributed by atoms with Crippen LogP contribution in [0.2, 0.25) is 0 Å². The van der Waals surface area contributed by atoms with Gasteiger partial charge in [0.1, 0.15) is 5.00 Å². The number of anilines is 1. The maximum absolute atomic E-state index is 13.8. The zero-order valence-corrected chi connectivity index (χ0v) is 23.3. The molecule has 0 bridgehead atoms. The van der Waals surface area contributed by atoms with Crippen molar-refractivity contribution in [1.29, 1.82) is 0 Å². The SMILES string of the molecule is CCN(CC)C(=O)c1sc(NC(=O)c2cc(-c3ccc(C)c(C)c3)nc3ccccc23)c(C(=O)OC)c1C. The van der Waals surface area contributed by atoms with Crippen molar-refractivity contribution in [1.82, 2.24) is 9.88 Å². The molecule has 196 valence electrons. The van der Waals surface area contributed by atoms with Crippen LogP contribution in [-0.2, 0) is 4.74 Å². The first-order chi connectivity index (χ1) is 18.2. The Morgan fingerprint density at radius 3 is 2.34 bits per heavy atom. The molecule has 0 saturated heterocycles. The van der Waals surface area contributed by atoms with Crippen LogP contribution in [0.15, 0.2) is 48.5 Å². The Labute approximate surface area is 226 Å². The Kier molecular flexibility index (Phi) is 7.92. The molecule has 0 unspecified atom stereocenters. The summed E-state index contributed by atoms with van der Waals surface area (Å²) in [7, 11) is 1.28.